The summed E-state index contributed by atoms with van der Waals surface area (Å²) in [5, 5.41) is 3.03. The SMILES string of the molecule is CC(NC(=O)C1CC1c1ccccc1F)c1ccc2c(c1)OCCO2. The largest absolute Gasteiger partial charge is 0.486 e. The van der Waals surface area contributed by atoms with E-state index in [1.807, 2.05) is 31.2 Å². The van der Waals surface area contributed by atoms with Gasteiger partial charge < -0.3 is 14.8 Å². The first-order chi connectivity index (χ1) is 12.1. The Labute approximate surface area is 146 Å². The van der Waals surface area contributed by atoms with Gasteiger partial charge in [0.25, 0.3) is 0 Å². The number of rotatable bonds is 4. The first kappa shape index (κ1) is 15.9. The van der Waals surface area contributed by atoms with Crippen molar-refractivity contribution in [2.45, 2.75) is 25.3 Å². The standard InChI is InChI=1S/C20H20FNO3/c1-12(13-6-7-18-19(10-13)25-9-8-24-18)22-20(23)16-11-15(16)14-4-2-3-5-17(14)21/h2-7,10,12,15-16H,8-9,11H2,1H3,(H,22,23). The summed E-state index contributed by atoms with van der Waals surface area (Å²) in [6, 6.07) is 12.2. The van der Waals surface area contributed by atoms with Crippen molar-refractivity contribution < 1.29 is 18.7 Å². The Hall–Kier alpha value is -2.56. The van der Waals surface area contributed by atoms with Gasteiger partial charge in [-0.2, -0.15) is 0 Å². The third-order valence-electron chi connectivity index (χ3n) is 4.86. The average molecular weight is 341 g/mol. The number of carbonyl (C=O) groups excluding carboxylic acids is 1. The van der Waals surface area contributed by atoms with Crippen molar-refractivity contribution in [1.29, 1.82) is 0 Å². The van der Waals surface area contributed by atoms with E-state index in [1.165, 1.54) is 6.07 Å². The van der Waals surface area contributed by atoms with Crippen LogP contribution < -0.4 is 14.8 Å². The van der Waals surface area contributed by atoms with Crippen molar-refractivity contribution in [3.63, 3.8) is 0 Å². The van der Waals surface area contributed by atoms with E-state index in [4.69, 9.17) is 9.47 Å². The van der Waals surface area contributed by atoms with Gasteiger partial charge >= 0.3 is 0 Å². The monoisotopic (exact) mass is 341 g/mol. The number of hydrogen-bond donors (Lipinski definition) is 1. The summed E-state index contributed by atoms with van der Waals surface area (Å²) in [5.74, 6) is 0.999. The van der Waals surface area contributed by atoms with Crippen LogP contribution >= 0.6 is 0 Å². The van der Waals surface area contributed by atoms with Crippen LogP contribution in [0.3, 0.4) is 0 Å². The summed E-state index contributed by atoms with van der Waals surface area (Å²) in [7, 11) is 0. The fourth-order valence-electron chi connectivity index (χ4n) is 3.34. The molecule has 25 heavy (non-hydrogen) atoms. The fourth-order valence-corrected chi connectivity index (χ4v) is 3.34. The predicted molar refractivity (Wildman–Crippen MR) is 91.2 cm³/mol. The molecule has 4 nitrogen and oxygen atoms in total. The second-order valence-electron chi connectivity index (χ2n) is 6.60. The average Bonchev–Trinajstić information content (AvgIpc) is 3.42. The van der Waals surface area contributed by atoms with Crippen molar-refractivity contribution in [3.8, 4) is 11.5 Å². The van der Waals surface area contributed by atoms with Crippen LogP contribution in [0.4, 0.5) is 4.39 Å². The molecule has 130 valence electrons. The summed E-state index contributed by atoms with van der Waals surface area (Å²) < 4.78 is 24.9. The molecule has 0 saturated heterocycles. The topological polar surface area (TPSA) is 47.6 Å². The molecule has 1 aliphatic heterocycles. The number of hydrogen-bond acceptors (Lipinski definition) is 3. The molecular weight excluding hydrogens is 321 g/mol. The van der Waals surface area contributed by atoms with Gasteiger partial charge in [0.05, 0.1) is 6.04 Å². The zero-order valence-corrected chi connectivity index (χ0v) is 14.0. The number of halogens is 1. The van der Waals surface area contributed by atoms with Gasteiger partial charge in [0, 0.05) is 5.92 Å². The third-order valence-corrected chi connectivity index (χ3v) is 4.86. The molecule has 2 aromatic carbocycles. The Bertz CT molecular complexity index is 807. The molecule has 0 aromatic heterocycles. The van der Waals surface area contributed by atoms with E-state index in [2.05, 4.69) is 5.32 Å². The van der Waals surface area contributed by atoms with E-state index in [9.17, 15) is 9.18 Å². The van der Waals surface area contributed by atoms with Crippen LogP contribution in [-0.2, 0) is 4.79 Å². The lowest BCUT2D eigenvalue weighted by molar-refractivity contribution is -0.123. The number of benzene rings is 2. The molecule has 0 radical (unpaired) electrons. The van der Waals surface area contributed by atoms with E-state index in [0.717, 1.165) is 11.3 Å². The van der Waals surface area contributed by atoms with E-state index in [-0.39, 0.29) is 29.6 Å². The summed E-state index contributed by atoms with van der Waals surface area (Å²) in [6.07, 6.45) is 0.695. The van der Waals surface area contributed by atoms with Crippen molar-refractivity contribution in [3.05, 3.63) is 59.4 Å². The highest BCUT2D eigenvalue weighted by molar-refractivity contribution is 5.83. The summed E-state index contributed by atoms with van der Waals surface area (Å²) >= 11 is 0. The summed E-state index contributed by atoms with van der Waals surface area (Å²) in [5.41, 5.74) is 1.59. The molecule has 3 atom stereocenters. The fraction of sp³-hybridized carbons (Fsp3) is 0.350. The van der Waals surface area contributed by atoms with Gasteiger partial charge in [0.2, 0.25) is 5.91 Å². The highest BCUT2D eigenvalue weighted by Gasteiger charge is 2.45. The lowest BCUT2D eigenvalue weighted by atomic mass is 10.1. The molecule has 1 aliphatic carbocycles. The molecule has 1 amide bonds. The zero-order valence-electron chi connectivity index (χ0n) is 14.0. The summed E-state index contributed by atoms with van der Waals surface area (Å²) in [6.45, 7) is 3.02. The van der Waals surface area contributed by atoms with Crippen molar-refractivity contribution in [1.82, 2.24) is 5.32 Å². The normalized spacial score (nSPS) is 22.2. The van der Waals surface area contributed by atoms with Gasteiger partial charge in [-0.05, 0) is 48.6 Å². The quantitative estimate of drug-likeness (QED) is 0.925. The predicted octanol–water partition coefficient (Wildman–Crippen LogP) is 3.58. The van der Waals surface area contributed by atoms with Crippen LogP contribution in [0.1, 0.15) is 36.4 Å². The second-order valence-corrected chi connectivity index (χ2v) is 6.60. The number of fused-ring (bicyclic) bond motifs is 1. The maximum absolute atomic E-state index is 13.8. The minimum Gasteiger partial charge on any atom is -0.486 e. The first-order valence-electron chi connectivity index (χ1n) is 8.58. The van der Waals surface area contributed by atoms with Crippen LogP contribution in [0.2, 0.25) is 0 Å². The second kappa shape index (κ2) is 6.39. The molecule has 1 saturated carbocycles. The Balaban J connectivity index is 1.41. The maximum atomic E-state index is 13.8. The van der Waals surface area contributed by atoms with Crippen molar-refractivity contribution >= 4 is 5.91 Å². The van der Waals surface area contributed by atoms with E-state index in [0.29, 0.717) is 30.9 Å². The molecule has 1 heterocycles. The highest BCUT2D eigenvalue weighted by Crippen LogP contribution is 2.48. The Morgan fingerprint density at radius 3 is 2.72 bits per heavy atom. The third kappa shape index (κ3) is 3.18. The van der Waals surface area contributed by atoms with E-state index >= 15 is 0 Å². The molecule has 2 aromatic rings. The smallest absolute Gasteiger partial charge is 0.224 e. The minimum absolute atomic E-state index is 0.0198. The Kier molecular flexibility index (Phi) is 4.07. The van der Waals surface area contributed by atoms with Gasteiger partial charge in [-0.3, -0.25) is 4.79 Å². The van der Waals surface area contributed by atoms with Gasteiger partial charge in [-0.1, -0.05) is 24.3 Å². The van der Waals surface area contributed by atoms with Crippen molar-refractivity contribution in [2.24, 2.45) is 5.92 Å². The maximum Gasteiger partial charge on any atom is 0.224 e. The first-order valence-corrected chi connectivity index (χ1v) is 8.58. The van der Waals surface area contributed by atoms with E-state index < -0.39 is 0 Å². The van der Waals surface area contributed by atoms with Gasteiger partial charge in [0.15, 0.2) is 11.5 Å². The molecule has 0 spiro atoms. The number of carbonyl (C=O) groups is 1. The lowest BCUT2D eigenvalue weighted by Gasteiger charge is -2.21. The van der Waals surface area contributed by atoms with Gasteiger partial charge in [-0.25, -0.2) is 4.39 Å². The molecule has 2 aliphatic rings. The molecule has 1 fully saturated rings. The molecule has 4 rings (SSSR count). The van der Waals surface area contributed by atoms with Crippen LogP contribution in [0.5, 0.6) is 11.5 Å². The Morgan fingerprint density at radius 2 is 1.92 bits per heavy atom. The lowest BCUT2D eigenvalue weighted by Crippen LogP contribution is -2.28. The van der Waals surface area contributed by atoms with Crippen LogP contribution in [0.25, 0.3) is 0 Å². The van der Waals surface area contributed by atoms with Crippen LogP contribution in [0.15, 0.2) is 42.5 Å². The van der Waals surface area contributed by atoms with Gasteiger partial charge in [-0.15, -0.1) is 0 Å². The molecule has 0 bridgehead atoms. The minimum atomic E-state index is -0.234. The number of ether oxygens (including phenoxy) is 2. The molecular formula is C20H20FNO3. The summed E-state index contributed by atoms with van der Waals surface area (Å²) in [4.78, 5) is 12.5. The molecule has 5 heteroatoms. The number of nitrogens with one attached hydrogen (secondary N) is 1. The van der Waals surface area contributed by atoms with Crippen molar-refractivity contribution in [2.75, 3.05) is 13.2 Å². The molecule has 1 N–H and O–H groups in total. The van der Waals surface area contributed by atoms with Gasteiger partial charge in [0.1, 0.15) is 19.0 Å². The highest BCUT2D eigenvalue weighted by atomic mass is 19.1. The van der Waals surface area contributed by atoms with Crippen LogP contribution in [-0.4, -0.2) is 19.1 Å². The van der Waals surface area contributed by atoms with Crippen LogP contribution in [0, 0.1) is 11.7 Å². The molecule has 3 unspecified atom stereocenters. The number of amides is 1. The van der Waals surface area contributed by atoms with E-state index in [1.54, 1.807) is 12.1 Å². The Morgan fingerprint density at radius 1 is 1.16 bits per heavy atom. The zero-order chi connectivity index (χ0) is 17.4.